The first kappa shape index (κ1) is 12.5. The Morgan fingerprint density at radius 3 is 2.67 bits per heavy atom. The van der Waals surface area contributed by atoms with Crippen molar-refractivity contribution in [2.24, 2.45) is 5.73 Å². The predicted molar refractivity (Wildman–Crippen MR) is 61.3 cm³/mol. The van der Waals surface area contributed by atoms with Gasteiger partial charge in [0, 0.05) is 22.3 Å². The third-order valence-corrected chi connectivity index (χ3v) is 3.67. The maximum Gasteiger partial charge on any atom is 0.128 e. The monoisotopic (exact) mass is 229 g/mol. The minimum absolute atomic E-state index is 0.0251. The minimum atomic E-state index is -0.427. The third-order valence-electron chi connectivity index (χ3n) is 2.27. The Morgan fingerprint density at radius 1 is 1.47 bits per heavy atom. The van der Waals surface area contributed by atoms with Crippen molar-refractivity contribution >= 4 is 11.8 Å². The second-order valence-electron chi connectivity index (χ2n) is 3.48. The van der Waals surface area contributed by atoms with Crippen molar-refractivity contribution in [2.75, 3.05) is 0 Å². The van der Waals surface area contributed by atoms with E-state index < -0.39 is 6.10 Å². The topological polar surface area (TPSA) is 46.2 Å². The summed E-state index contributed by atoms with van der Waals surface area (Å²) in [5.74, 6) is -0.278. The Hall–Kier alpha value is -0.580. The van der Waals surface area contributed by atoms with Gasteiger partial charge in [0.25, 0.3) is 0 Å². The lowest BCUT2D eigenvalue weighted by Crippen LogP contribution is -2.15. The van der Waals surface area contributed by atoms with E-state index in [0.29, 0.717) is 5.56 Å². The van der Waals surface area contributed by atoms with Crippen LogP contribution in [-0.2, 0) is 6.54 Å². The van der Waals surface area contributed by atoms with Crippen LogP contribution in [0, 0.1) is 5.82 Å². The number of aliphatic hydroxyl groups is 1. The number of benzene rings is 1. The van der Waals surface area contributed by atoms with Gasteiger partial charge in [0.1, 0.15) is 5.82 Å². The second-order valence-corrected chi connectivity index (χ2v) is 4.90. The SMILES string of the molecule is CC(O)C(C)Sc1cccc(F)c1CN. The van der Waals surface area contributed by atoms with Gasteiger partial charge in [-0.1, -0.05) is 13.0 Å². The van der Waals surface area contributed by atoms with Crippen LogP contribution in [0.15, 0.2) is 23.1 Å². The molecule has 1 aromatic carbocycles. The van der Waals surface area contributed by atoms with Crippen molar-refractivity contribution < 1.29 is 9.50 Å². The molecule has 0 saturated carbocycles. The summed E-state index contributed by atoms with van der Waals surface area (Å²) in [7, 11) is 0. The molecule has 0 spiro atoms. The van der Waals surface area contributed by atoms with Crippen molar-refractivity contribution in [3.05, 3.63) is 29.6 Å². The standard InChI is InChI=1S/C11H16FNOS/c1-7(14)8(2)15-11-5-3-4-10(12)9(11)6-13/h3-5,7-8,14H,6,13H2,1-2H3. The first-order chi connectivity index (χ1) is 7.06. The normalized spacial score (nSPS) is 15.0. The van der Waals surface area contributed by atoms with Crippen molar-refractivity contribution in [3.8, 4) is 0 Å². The van der Waals surface area contributed by atoms with Crippen LogP contribution in [0.4, 0.5) is 4.39 Å². The van der Waals surface area contributed by atoms with Gasteiger partial charge in [0.05, 0.1) is 6.10 Å². The second kappa shape index (κ2) is 5.49. The fraction of sp³-hybridized carbons (Fsp3) is 0.455. The third kappa shape index (κ3) is 3.19. The van der Waals surface area contributed by atoms with E-state index in [1.807, 2.05) is 13.0 Å². The van der Waals surface area contributed by atoms with E-state index in [1.165, 1.54) is 17.8 Å². The molecule has 1 aromatic rings. The highest BCUT2D eigenvalue weighted by molar-refractivity contribution is 8.00. The van der Waals surface area contributed by atoms with Gasteiger partial charge in [-0.05, 0) is 19.1 Å². The maximum atomic E-state index is 13.3. The number of hydrogen-bond donors (Lipinski definition) is 2. The van der Waals surface area contributed by atoms with Crippen LogP contribution < -0.4 is 5.73 Å². The van der Waals surface area contributed by atoms with Gasteiger partial charge >= 0.3 is 0 Å². The molecule has 4 heteroatoms. The molecule has 15 heavy (non-hydrogen) atoms. The molecule has 84 valence electrons. The Bertz CT molecular complexity index is 330. The van der Waals surface area contributed by atoms with Gasteiger partial charge in [-0.25, -0.2) is 4.39 Å². The number of nitrogens with two attached hydrogens (primary N) is 1. The smallest absolute Gasteiger partial charge is 0.128 e. The number of hydrogen-bond acceptors (Lipinski definition) is 3. The number of halogens is 1. The van der Waals surface area contributed by atoms with E-state index in [0.717, 1.165) is 4.90 Å². The Balaban J connectivity index is 2.89. The van der Waals surface area contributed by atoms with Crippen LogP contribution in [0.3, 0.4) is 0 Å². The predicted octanol–water partition coefficient (Wildman–Crippen LogP) is 2.15. The van der Waals surface area contributed by atoms with Crippen molar-refractivity contribution in [2.45, 2.75) is 36.6 Å². The molecule has 2 nitrogen and oxygen atoms in total. The highest BCUT2D eigenvalue weighted by atomic mass is 32.2. The van der Waals surface area contributed by atoms with E-state index in [1.54, 1.807) is 13.0 Å². The molecule has 0 radical (unpaired) electrons. The summed E-state index contributed by atoms with van der Waals surface area (Å²) in [5.41, 5.74) is 6.01. The molecule has 0 fully saturated rings. The van der Waals surface area contributed by atoms with Crippen molar-refractivity contribution in [1.29, 1.82) is 0 Å². The van der Waals surface area contributed by atoms with Gasteiger partial charge in [-0.2, -0.15) is 0 Å². The first-order valence-corrected chi connectivity index (χ1v) is 5.76. The van der Waals surface area contributed by atoms with Crippen molar-refractivity contribution in [3.63, 3.8) is 0 Å². The Morgan fingerprint density at radius 2 is 2.13 bits per heavy atom. The maximum absolute atomic E-state index is 13.3. The van der Waals surface area contributed by atoms with E-state index in [-0.39, 0.29) is 17.6 Å². The largest absolute Gasteiger partial charge is 0.392 e. The van der Waals surface area contributed by atoms with Gasteiger partial charge in [-0.3, -0.25) is 0 Å². The van der Waals surface area contributed by atoms with Crippen LogP contribution in [0.2, 0.25) is 0 Å². The molecular weight excluding hydrogens is 213 g/mol. The summed E-state index contributed by atoms with van der Waals surface area (Å²) >= 11 is 1.45. The average Bonchev–Trinajstić information content (AvgIpc) is 2.18. The summed E-state index contributed by atoms with van der Waals surface area (Å²) in [5, 5.41) is 9.39. The fourth-order valence-electron chi connectivity index (χ4n) is 1.15. The summed E-state index contributed by atoms with van der Waals surface area (Å²) in [4.78, 5) is 0.811. The molecule has 2 unspecified atom stereocenters. The van der Waals surface area contributed by atoms with E-state index in [4.69, 9.17) is 5.73 Å². The van der Waals surface area contributed by atoms with Gasteiger partial charge in [0.15, 0.2) is 0 Å². The van der Waals surface area contributed by atoms with E-state index in [2.05, 4.69) is 0 Å². The zero-order chi connectivity index (χ0) is 11.4. The number of rotatable bonds is 4. The molecule has 0 aliphatic heterocycles. The fourth-order valence-corrected chi connectivity index (χ4v) is 2.22. The van der Waals surface area contributed by atoms with Crippen molar-refractivity contribution in [1.82, 2.24) is 0 Å². The zero-order valence-electron chi connectivity index (χ0n) is 8.90. The summed E-state index contributed by atoms with van der Waals surface area (Å²) in [6.07, 6.45) is -0.427. The van der Waals surface area contributed by atoms with E-state index >= 15 is 0 Å². The molecule has 0 heterocycles. The quantitative estimate of drug-likeness (QED) is 0.778. The first-order valence-electron chi connectivity index (χ1n) is 4.88. The lowest BCUT2D eigenvalue weighted by atomic mass is 10.2. The Kier molecular flexibility index (Phi) is 4.57. The highest BCUT2D eigenvalue weighted by Gasteiger charge is 2.14. The molecule has 0 saturated heterocycles. The molecule has 0 bridgehead atoms. The lowest BCUT2D eigenvalue weighted by molar-refractivity contribution is 0.196. The van der Waals surface area contributed by atoms with Gasteiger partial charge < -0.3 is 10.8 Å². The molecule has 0 amide bonds. The Labute approximate surface area is 93.7 Å². The van der Waals surface area contributed by atoms with Crippen LogP contribution in [0.5, 0.6) is 0 Å². The molecule has 2 atom stereocenters. The summed E-state index contributed by atoms with van der Waals surface area (Å²) in [6.45, 7) is 3.81. The van der Waals surface area contributed by atoms with Gasteiger partial charge in [-0.15, -0.1) is 11.8 Å². The van der Waals surface area contributed by atoms with E-state index in [9.17, 15) is 9.50 Å². The highest BCUT2D eigenvalue weighted by Crippen LogP contribution is 2.29. The molecular formula is C11H16FNOS. The zero-order valence-corrected chi connectivity index (χ0v) is 9.72. The molecule has 0 aliphatic carbocycles. The minimum Gasteiger partial charge on any atom is -0.392 e. The summed E-state index contributed by atoms with van der Waals surface area (Å²) in [6, 6.07) is 4.89. The number of aliphatic hydroxyl groups excluding tert-OH is 1. The number of thioether (sulfide) groups is 1. The summed E-state index contributed by atoms with van der Waals surface area (Å²) < 4.78 is 13.3. The molecule has 1 rings (SSSR count). The van der Waals surface area contributed by atoms with Crippen LogP contribution in [-0.4, -0.2) is 16.5 Å². The molecule has 0 aromatic heterocycles. The van der Waals surface area contributed by atoms with Crippen LogP contribution in [0.25, 0.3) is 0 Å². The van der Waals surface area contributed by atoms with Crippen LogP contribution >= 0.6 is 11.8 Å². The lowest BCUT2D eigenvalue weighted by Gasteiger charge is -2.16. The molecule has 0 aliphatic rings. The van der Waals surface area contributed by atoms with Crippen LogP contribution in [0.1, 0.15) is 19.4 Å². The molecule has 3 N–H and O–H groups in total. The van der Waals surface area contributed by atoms with Gasteiger partial charge in [0.2, 0.25) is 0 Å². The average molecular weight is 229 g/mol.